The number of carbonyl (C=O) groups excluding carboxylic acids is 1. The van der Waals surface area contributed by atoms with Crippen molar-refractivity contribution < 1.29 is 9.53 Å². The van der Waals surface area contributed by atoms with Crippen LogP contribution in [0.2, 0.25) is 0 Å². The molecule has 0 bridgehead atoms. The predicted molar refractivity (Wildman–Crippen MR) is 90.7 cm³/mol. The van der Waals surface area contributed by atoms with E-state index in [1.165, 1.54) is 0 Å². The van der Waals surface area contributed by atoms with E-state index in [2.05, 4.69) is 32.6 Å². The Morgan fingerprint density at radius 3 is 2.68 bits per heavy atom. The van der Waals surface area contributed by atoms with Crippen LogP contribution in [0.1, 0.15) is 23.2 Å². The highest BCUT2D eigenvalue weighted by atomic mass is 127. The van der Waals surface area contributed by atoms with Crippen molar-refractivity contribution in [3.05, 3.63) is 52.0 Å². The van der Waals surface area contributed by atoms with Crippen LogP contribution in [0.4, 0.5) is 0 Å². The Morgan fingerprint density at radius 1 is 1.23 bits per heavy atom. The minimum absolute atomic E-state index is 0.0931. The van der Waals surface area contributed by atoms with Crippen molar-refractivity contribution in [1.82, 2.24) is 14.9 Å². The summed E-state index contributed by atoms with van der Waals surface area (Å²) in [5.74, 6) is 0.646. The van der Waals surface area contributed by atoms with Crippen LogP contribution >= 0.6 is 22.6 Å². The molecule has 0 saturated carbocycles. The van der Waals surface area contributed by atoms with E-state index in [1.807, 2.05) is 29.2 Å². The maximum absolute atomic E-state index is 12.5. The van der Waals surface area contributed by atoms with Gasteiger partial charge in [-0.3, -0.25) is 9.78 Å². The molecule has 1 aromatic carbocycles. The number of likely N-dealkylation sites (tertiary alicyclic amines) is 1. The van der Waals surface area contributed by atoms with Gasteiger partial charge in [-0.05, 0) is 34.7 Å². The molecule has 1 amide bonds. The highest BCUT2D eigenvalue weighted by Gasteiger charge is 2.25. The normalized spacial score (nSPS) is 15.6. The summed E-state index contributed by atoms with van der Waals surface area (Å²) < 4.78 is 6.79. The summed E-state index contributed by atoms with van der Waals surface area (Å²) in [4.78, 5) is 22.6. The predicted octanol–water partition coefficient (Wildman–Crippen LogP) is 2.76. The fourth-order valence-corrected chi connectivity index (χ4v) is 3.12. The molecule has 2 aromatic rings. The number of carbonyl (C=O) groups is 1. The summed E-state index contributed by atoms with van der Waals surface area (Å²) in [6.07, 6.45) is 6.57. The zero-order valence-corrected chi connectivity index (χ0v) is 14.1. The number of piperidine rings is 1. The first kappa shape index (κ1) is 15.2. The van der Waals surface area contributed by atoms with Crippen molar-refractivity contribution in [3.63, 3.8) is 0 Å². The molecule has 5 nitrogen and oxygen atoms in total. The molecule has 1 saturated heterocycles. The third-order valence-corrected chi connectivity index (χ3v) is 4.60. The van der Waals surface area contributed by atoms with Crippen LogP contribution in [0.25, 0.3) is 0 Å². The van der Waals surface area contributed by atoms with E-state index in [9.17, 15) is 4.79 Å². The largest absolute Gasteiger partial charge is 0.473 e. The zero-order chi connectivity index (χ0) is 15.4. The van der Waals surface area contributed by atoms with Gasteiger partial charge in [-0.25, -0.2) is 4.98 Å². The monoisotopic (exact) mass is 409 g/mol. The highest BCUT2D eigenvalue weighted by molar-refractivity contribution is 14.1. The summed E-state index contributed by atoms with van der Waals surface area (Å²) in [7, 11) is 0. The maximum atomic E-state index is 12.5. The van der Waals surface area contributed by atoms with E-state index in [0.717, 1.165) is 22.0 Å². The van der Waals surface area contributed by atoms with E-state index >= 15 is 0 Å². The number of hydrogen-bond acceptors (Lipinski definition) is 4. The number of ether oxygens (including phenoxy) is 1. The van der Waals surface area contributed by atoms with Crippen molar-refractivity contribution in [2.24, 2.45) is 0 Å². The Balaban J connectivity index is 1.58. The van der Waals surface area contributed by atoms with Gasteiger partial charge in [-0.1, -0.05) is 12.1 Å². The smallest absolute Gasteiger partial charge is 0.254 e. The van der Waals surface area contributed by atoms with Crippen molar-refractivity contribution in [2.45, 2.75) is 18.9 Å². The highest BCUT2D eigenvalue weighted by Crippen LogP contribution is 2.20. The van der Waals surface area contributed by atoms with Gasteiger partial charge in [0.1, 0.15) is 6.10 Å². The van der Waals surface area contributed by atoms with Gasteiger partial charge in [0.15, 0.2) is 0 Å². The second-order valence-electron chi connectivity index (χ2n) is 5.13. The van der Waals surface area contributed by atoms with Crippen molar-refractivity contribution in [2.75, 3.05) is 13.1 Å². The number of hydrogen-bond donors (Lipinski definition) is 0. The van der Waals surface area contributed by atoms with E-state index < -0.39 is 0 Å². The third-order valence-electron chi connectivity index (χ3n) is 3.66. The first-order valence-electron chi connectivity index (χ1n) is 7.20. The minimum atomic E-state index is 0.0931. The Morgan fingerprint density at radius 2 is 2.00 bits per heavy atom. The van der Waals surface area contributed by atoms with Crippen LogP contribution in [0.5, 0.6) is 5.88 Å². The van der Waals surface area contributed by atoms with Crippen LogP contribution in [0.3, 0.4) is 0 Å². The average Bonchev–Trinajstić information content (AvgIpc) is 2.56. The standard InChI is InChI=1S/C16H16IN3O2/c17-14-4-2-1-3-13(14)16(21)20-9-5-12(6-10-20)22-15-11-18-7-8-19-15/h1-4,7-8,11-12H,5-6,9-10H2. The van der Waals surface area contributed by atoms with Gasteiger partial charge in [0.2, 0.25) is 5.88 Å². The molecule has 1 aliphatic heterocycles. The van der Waals surface area contributed by atoms with Crippen LogP contribution in [-0.4, -0.2) is 40.0 Å². The molecule has 3 rings (SSSR count). The first-order valence-corrected chi connectivity index (χ1v) is 8.28. The SMILES string of the molecule is O=C(c1ccccc1I)N1CCC(Oc2cnccn2)CC1. The topological polar surface area (TPSA) is 55.3 Å². The lowest BCUT2D eigenvalue weighted by molar-refractivity contribution is 0.0586. The van der Waals surface area contributed by atoms with Crippen molar-refractivity contribution >= 4 is 28.5 Å². The summed E-state index contributed by atoms with van der Waals surface area (Å²) in [6, 6.07) is 7.68. The van der Waals surface area contributed by atoms with Gasteiger partial charge in [0.25, 0.3) is 5.91 Å². The quantitative estimate of drug-likeness (QED) is 0.732. The van der Waals surface area contributed by atoms with Gasteiger partial charge in [0, 0.05) is 41.9 Å². The maximum Gasteiger partial charge on any atom is 0.254 e. The van der Waals surface area contributed by atoms with E-state index in [4.69, 9.17) is 4.74 Å². The molecule has 6 heteroatoms. The molecule has 1 aromatic heterocycles. The Bertz CT molecular complexity index is 643. The van der Waals surface area contributed by atoms with E-state index in [0.29, 0.717) is 19.0 Å². The van der Waals surface area contributed by atoms with Crippen LogP contribution < -0.4 is 4.74 Å². The second-order valence-corrected chi connectivity index (χ2v) is 6.30. The molecule has 0 radical (unpaired) electrons. The molecule has 0 aliphatic carbocycles. The molecule has 22 heavy (non-hydrogen) atoms. The lowest BCUT2D eigenvalue weighted by Crippen LogP contribution is -2.42. The van der Waals surface area contributed by atoms with Gasteiger partial charge in [-0.15, -0.1) is 0 Å². The van der Waals surface area contributed by atoms with Crippen LogP contribution in [0.15, 0.2) is 42.9 Å². The summed E-state index contributed by atoms with van der Waals surface area (Å²) in [5, 5.41) is 0. The number of halogens is 1. The van der Waals surface area contributed by atoms with Gasteiger partial charge >= 0.3 is 0 Å². The molecule has 0 atom stereocenters. The first-order chi connectivity index (χ1) is 10.7. The van der Waals surface area contributed by atoms with Crippen molar-refractivity contribution in [1.29, 1.82) is 0 Å². The minimum Gasteiger partial charge on any atom is -0.473 e. The summed E-state index contributed by atoms with van der Waals surface area (Å²) in [6.45, 7) is 1.41. The number of rotatable bonds is 3. The number of nitrogens with zero attached hydrogens (tertiary/aromatic N) is 3. The summed E-state index contributed by atoms with van der Waals surface area (Å²) in [5.41, 5.74) is 0.774. The molecular formula is C16H16IN3O2. The number of aromatic nitrogens is 2. The van der Waals surface area contributed by atoms with E-state index in [-0.39, 0.29) is 12.0 Å². The van der Waals surface area contributed by atoms with Gasteiger partial charge < -0.3 is 9.64 Å². The summed E-state index contributed by atoms with van der Waals surface area (Å²) >= 11 is 2.20. The fourth-order valence-electron chi connectivity index (χ4n) is 2.50. The lowest BCUT2D eigenvalue weighted by Gasteiger charge is -2.32. The molecule has 2 heterocycles. The van der Waals surface area contributed by atoms with Gasteiger partial charge in [0.05, 0.1) is 11.8 Å². The average molecular weight is 409 g/mol. The molecular weight excluding hydrogens is 393 g/mol. The lowest BCUT2D eigenvalue weighted by atomic mass is 10.1. The molecule has 114 valence electrons. The van der Waals surface area contributed by atoms with Crippen LogP contribution in [0, 0.1) is 3.57 Å². The number of amides is 1. The fraction of sp³-hybridized carbons (Fsp3) is 0.312. The Kier molecular flexibility index (Phi) is 4.87. The van der Waals surface area contributed by atoms with Crippen molar-refractivity contribution in [3.8, 4) is 5.88 Å². The zero-order valence-electron chi connectivity index (χ0n) is 12.0. The second kappa shape index (κ2) is 7.04. The Hall–Kier alpha value is -1.70. The van der Waals surface area contributed by atoms with E-state index in [1.54, 1.807) is 18.6 Å². The van der Waals surface area contributed by atoms with Crippen LogP contribution in [-0.2, 0) is 0 Å². The number of benzene rings is 1. The molecule has 1 aliphatic rings. The molecule has 0 N–H and O–H groups in total. The Labute approximate surface area is 142 Å². The molecule has 0 spiro atoms. The third kappa shape index (κ3) is 3.55. The molecule has 1 fully saturated rings. The molecule has 0 unspecified atom stereocenters. The van der Waals surface area contributed by atoms with Gasteiger partial charge in [-0.2, -0.15) is 0 Å².